The van der Waals surface area contributed by atoms with E-state index >= 15 is 0 Å². The van der Waals surface area contributed by atoms with E-state index in [1.807, 2.05) is 13.8 Å². The number of nitrogens with two attached hydrogens (primary N) is 1. The highest BCUT2D eigenvalue weighted by atomic mass is 32.2. The number of hydrogen-bond acceptors (Lipinski definition) is 6. The van der Waals surface area contributed by atoms with E-state index in [0.29, 0.717) is 35.8 Å². The summed E-state index contributed by atoms with van der Waals surface area (Å²) in [4.78, 5) is 10.7. The minimum absolute atomic E-state index is 0.0493. The molecule has 1 amide bonds. The third kappa shape index (κ3) is 4.44. The van der Waals surface area contributed by atoms with Gasteiger partial charge in [-0.15, -0.1) is 5.10 Å². The third-order valence-corrected chi connectivity index (χ3v) is 5.39. The number of benzene rings is 2. The molecule has 0 aliphatic carbocycles. The second-order valence-corrected chi connectivity index (χ2v) is 7.81. The van der Waals surface area contributed by atoms with E-state index in [2.05, 4.69) is 15.5 Å². The van der Waals surface area contributed by atoms with Crippen LogP contribution >= 0.6 is 0 Å². The van der Waals surface area contributed by atoms with E-state index in [4.69, 9.17) is 9.88 Å². The summed E-state index contributed by atoms with van der Waals surface area (Å²) in [6, 6.07) is 13.6. The first-order valence-corrected chi connectivity index (χ1v) is 10.4. The van der Waals surface area contributed by atoms with E-state index in [1.54, 1.807) is 47.0 Å². The number of sulfonamides is 1. The van der Waals surface area contributed by atoms with Gasteiger partial charge in [0.1, 0.15) is 11.6 Å². The number of anilines is 1. The van der Waals surface area contributed by atoms with E-state index in [0.717, 1.165) is 0 Å². The number of ether oxygens (including phenoxy) is 1. The average molecular weight is 415 g/mol. The van der Waals surface area contributed by atoms with Crippen molar-refractivity contribution >= 4 is 22.1 Å². The molecule has 0 aliphatic heterocycles. The maximum Gasteiger partial charge on any atom is 0.322 e. The molecule has 0 bridgehead atoms. The van der Waals surface area contributed by atoms with Crippen LogP contribution in [0.25, 0.3) is 0 Å². The molecule has 0 spiro atoms. The highest BCUT2D eigenvalue weighted by Crippen LogP contribution is 2.31. The predicted octanol–water partition coefficient (Wildman–Crippen LogP) is 2.46. The molecular weight excluding hydrogens is 394 g/mol. The van der Waals surface area contributed by atoms with Crippen molar-refractivity contribution in [1.29, 1.82) is 0 Å². The van der Waals surface area contributed by atoms with Crippen molar-refractivity contribution in [1.82, 2.24) is 14.8 Å². The minimum Gasteiger partial charge on any atom is -0.424 e. The van der Waals surface area contributed by atoms with Crippen LogP contribution in [0, 0.1) is 0 Å². The van der Waals surface area contributed by atoms with Crippen LogP contribution in [0.5, 0.6) is 11.8 Å². The van der Waals surface area contributed by atoms with Crippen LogP contribution in [-0.2, 0) is 21.4 Å². The topological polar surface area (TPSA) is 129 Å². The molecule has 0 saturated carbocycles. The van der Waals surface area contributed by atoms with Crippen molar-refractivity contribution < 1.29 is 17.9 Å². The number of hydrogen-bond donors (Lipinski definition) is 2. The monoisotopic (exact) mass is 415 g/mol. The van der Waals surface area contributed by atoms with Gasteiger partial charge >= 0.3 is 6.01 Å². The average Bonchev–Trinajstić information content (AvgIpc) is 3.09. The van der Waals surface area contributed by atoms with Crippen LogP contribution in [0.1, 0.15) is 31.2 Å². The summed E-state index contributed by atoms with van der Waals surface area (Å²) in [6.07, 6.45) is 0.580. The van der Waals surface area contributed by atoms with Crippen LogP contribution in [0.15, 0.2) is 53.4 Å². The lowest BCUT2D eigenvalue weighted by Gasteiger charge is -2.16. The SMILES string of the molecule is CCn1c(Oc2cccc(NC=O)c2)nnc1[C@H](C)c1ccccc1S(N)(=O)=O. The van der Waals surface area contributed by atoms with Gasteiger partial charge in [-0.2, -0.15) is 0 Å². The summed E-state index contributed by atoms with van der Waals surface area (Å²) < 4.78 is 31.5. The molecule has 0 fully saturated rings. The molecule has 0 radical (unpaired) electrons. The van der Waals surface area contributed by atoms with Crippen molar-refractivity contribution in [2.45, 2.75) is 31.2 Å². The fourth-order valence-electron chi connectivity index (χ4n) is 3.05. The first kappa shape index (κ1) is 20.5. The Balaban J connectivity index is 1.96. The number of carbonyl (C=O) groups is 1. The fourth-order valence-corrected chi connectivity index (χ4v) is 3.89. The second-order valence-electron chi connectivity index (χ2n) is 6.28. The second kappa shape index (κ2) is 8.41. The molecule has 1 aromatic heterocycles. The van der Waals surface area contributed by atoms with E-state index in [9.17, 15) is 13.2 Å². The van der Waals surface area contributed by atoms with Gasteiger partial charge in [-0.1, -0.05) is 36.3 Å². The highest BCUT2D eigenvalue weighted by Gasteiger charge is 2.24. The lowest BCUT2D eigenvalue weighted by Crippen LogP contribution is -2.17. The number of primary sulfonamides is 1. The summed E-state index contributed by atoms with van der Waals surface area (Å²) in [7, 11) is -3.88. The van der Waals surface area contributed by atoms with Crippen molar-refractivity contribution in [3.05, 3.63) is 59.9 Å². The maximum absolute atomic E-state index is 12.0. The van der Waals surface area contributed by atoms with Crippen LogP contribution in [0.2, 0.25) is 0 Å². The van der Waals surface area contributed by atoms with Crippen molar-refractivity contribution in [3.63, 3.8) is 0 Å². The molecular formula is C19H21N5O4S. The summed E-state index contributed by atoms with van der Waals surface area (Å²) in [5.74, 6) is 0.626. The van der Waals surface area contributed by atoms with Crippen LogP contribution in [0.3, 0.4) is 0 Å². The molecule has 2 aromatic carbocycles. The first-order chi connectivity index (χ1) is 13.8. The number of nitrogens with one attached hydrogen (secondary N) is 1. The molecule has 3 aromatic rings. The van der Waals surface area contributed by atoms with Gasteiger partial charge in [0.2, 0.25) is 16.4 Å². The quantitative estimate of drug-likeness (QED) is 0.544. The number of nitrogens with zero attached hydrogens (tertiary/aromatic N) is 3. The number of rotatable bonds is 8. The summed E-state index contributed by atoms with van der Waals surface area (Å²) >= 11 is 0. The first-order valence-electron chi connectivity index (χ1n) is 8.88. The van der Waals surface area contributed by atoms with Crippen molar-refractivity contribution in [3.8, 4) is 11.8 Å². The Bertz CT molecular complexity index is 1130. The van der Waals surface area contributed by atoms with E-state index < -0.39 is 15.9 Å². The molecule has 152 valence electrons. The Kier molecular flexibility index (Phi) is 5.95. The van der Waals surface area contributed by atoms with Gasteiger partial charge in [0.25, 0.3) is 0 Å². The molecule has 1 heterocycles. The highest BCUT2D eigenvalue weighted by molar-refractivity contribution is 7.89. The van der Waals surface area contributed by atoms with Gasteiger partial charge in [0.15, 0.2) is 0 Å². The summed E-state index contributed by atoms with van der Waals surface area (Å²) in [6.45, 7) is 4.24. The minimum atomic E-state index is -3.88. The molecule has 0 aliphatic rings. The lowest BCUT2D eigenvalue weighted by atomic mass is 10.0. The van der Waals surface area contributed by atoms with Crippen molar-refractivity contribution in [2.75, 3.05) is 5.32 Å². The Morgan fingerprint density at radius 3 is 2.66 bits per heavy atom. The van der Waals surface area contributed by atoms with Crippen LogP contribution in [0.4, 0.5) is 5.69 Å². The van der Waals surface area contributed by atoms with Gasteiger partial charge in [-0.25, -0.2) is 13.6 Å². The molecule has 0 unspecified atom stereocenters. The number of amides is 1. The molecule has 10 heteroatoms. The van der Waals surface area contributed by atoms with Gasteiger partial charge in [-0.05, 0) is 30.7 Å². The Morgan fingerprint density at radius 1 is 1.21 bits per heavy atom. The molecule has 3 rings (SSSR count). The zero-order chi connectivity index (χ0) is 21.0. The smallest absolute Gasteiger partial charge is 0.322 e. The van der Waals surface area contributed by atoms with Gasteiger partial charge in [0.05, 0.1) is 4.90 Å². The zero-order valence-electron chi connectivity index (χ0n) is 15.9. The number of aromatic nitrogens is 3. The maximum atomic E-state index is 12.0. The van der Waals surface area contributed by atoms with Gasteiger partial charge in [0, 0.05) is 24.2 Å². The Labute approximate surface area is 168 Å². The summed E-state index contributed by atoms with van der Waals surface area (Å²) in [5.41, 5.74) is 1.11. The lowest BCUT2D eigenvalue weighted by molar-refractivity contribution is -0.105. The van der Waals surface area contributed by atoms with Gasteiger partial charge < -0.3 is 10.1 Å². The molecule has 29 heavy (non-hydrogen) atoms. The fraction of sp³-hybridized carbons (Fsp3) is 0.211. The molecule has 1 atom stereocenters. The standard InChI is InChI=1S/C19H21N5O4S/c1-3-24-18(13(2)16-9-4-5-10-17(16)29(20,26)27)22-23-19(24)28-15-8-6-7-14(11-15)21-12-25/h4-13H,3H2,1-2H3,(H,21,25)(H2,20,26,27)/t13-/m1/s1. The molecule has 9 nitrogen and oxygen atoms in total. The van der Waals surface area contributed by atoms with Crippen LogP contribution in [-0.4, -0.2) is 29.6 Å². The normalized spacial score (nSPS) is 12.4. The summed E-state index contributed by atoms with van der Waals surface area (Å²) in [5, 5.41) is 16.3. The van der Waals surface area contributed by atoms with E-state index in [1.165, 1.54) is 6.07 Å². The largest absolute Gasteiger partial charge is 0.424 e. The Morgan fingerprint density at radius 2 is 1.97 bits per heavy atom. The number of carbonyl (C=O) groups excluding carboxylic acids is 1. The zero-order valence-corrected chi connectivity index (χ0v) is 16.8. The van der Waals surface area contributed by atoms with E-state index in [-0.39, 0.29) is 10.9 Å². The van der Waals surface area contributed by atoms with Crippen molar-refractivity contribution in [2.24, 2.45) is 5.14 Å². The Hall–Kier alpha value is -3.24. The molecule has 3 N–H and O–H groups in total. The van der Waals surface area contributed by atoms with Crippen LogP contribution < -0.4 is 15.2 Å². The third-order valence-electron chi connectivity index (χ3n) is 4.41. The predicted molar refractivity (Wildman–Crippen MR) is 107 cm³/mol. The molecule has 0 saturated heterocycles. The van der Waals surface area contributed by atoms with Gasteiger partial charge in [-0.3, -0.25) is 9.36 Å².